The highest BCUT2D eigenvalue weighted by Gasteiger charge is 2.17. The molecule has 0 unspecified atom stereocenters. The van der Waals surface area contributed by atoms with Crippen molar-refractivity contribution >= 4 is 50.2 Å². The van der Waals surface area contributed by atoms with Crippen LogP contribution in [0.15, 0.2) is 63.0 Å². The van der Waals surface area contributed by atoms with Gasteiger partial charge in [-0.05, 0) is 30.7 Å². The van der Waals surface area contributed by atoms with Crippen molar-refractivity contribution in [2.45, 2.75) is 25.0 Å². The number of rotatable bonds is 6. The van der Waals surface area contributed by atoms with Crippen LogP contribution in [0.25, 0.3) is 16.7 Å². The second kappa shape index (κ2) is 7.89. The van der Waals surface area contributed by atoms with Gasteiger partial charge in [0.1, 0.15) is 0 Å². The third-order valence-corrected chi connectivity index (χ3v) is 5.88. The lowest BCUT2D eigenvalue weighted by atomic mass is 10.2. The van der Waals surface area contributed by atoms with Crippen molar-refractivity contribution in [1.29, 1.82) is 0 Å². The van der Waals surface area contributed by atoms with Crippen LogP contribution in [0.2, 0.25) is 0 Å². The maximum absolute atomic E-state index is 12.8. The summed E-state index contributed by atoms with van der Waals surface area (Å²) in [6.07, 6.45) is 0.811. The molecule has 8 heteroatoms. The van der Waals surface area contributed by atoms with E-state index in [1.807, 2.05) is 47.7 Å². The van der Waals surface area contributed by atoms with E-state index in [1.165, 1.54) is 11.8 Å². The molecule has 28 heavy (non-hydrogen) atoms. The number of halogens is 1. The number of hydrogen-bond donors (Lipinski definition) is 0. The molecule has 0 saturated heterocycles. The fourth-order valence-corrected chi connectivity index (χ4v) is 4.20. The predicted octanol–water partition coefficient (Wildman–Crippen LogP) is 4.19. The summed E-state index contributed by atoms with van der Waals surface area (Å²) in [4.78, 5) is 25.4. The second-order valence-electron chi connectivity index (χ2n) is 6.31. The van der Waals surface area contributed by atoms with E-state index in [4.69, 9.17) is 0 Å². The Morgan fingerprint density at radius 1 is 1.11 bits per heavy atom. The van der Waals surface area contributed by atoms with Gasteiger partial charge < -0.3 is 0 Å². The Morgan fingerprint density at radius 3 is 2.61 bits per heavy atom. The maximum atomic E-state index is 12.8. The van der Waals surface area contributed by atoms with Crippen molar-refractivity contribution in [3.05, 3.63) is 68.9 Å². The number of fused-ring (bicyclic) bond motifs is 3. The predicted molar refractivity (Wildman–Crippen MR) is 114 cm³/mol. The first-order valence-corrected chi connectivity index (χ1v) is 10.7. The molecular weight excluding hydrogens is 440 g/mol. The number of carbonyl (C=O) groups excluding carboxylic acids is 1. The summed E-state index contributed by atoms with van der Waals surface area (Å²) in [6, 6.07) is 14.7. The number of carbonyl (C=O) groups is 1. The van der Waals surface area contributed by atoms with Gasteiger partial charge in [-0.2, -0.15) is 0 Å². The van der Waals surface area contributed by atoms with Gasteiger partial charge >= 0.3 is 0 Å². The SMILES string of the molecule is CCCn1c(=O)c2ccccc2n2c(SCC(=O)c3ccc(Br)cc3)nnc12. The number of aryl methyl sites for hydroxylation is 1. The van der Waals surface area contributed by atoms with E-state index in [-0.39, 0.29) is 17.1 Å². The van der Waals surface area contributed by atoms with Crippen LogP contribution < -0.4 is 5.56 Å². The fraction of sp³-hybridized carbons (Fsp3) is 0.200. The average molecular weight is 457 g/mol. The molecule has 0 N–H and O–H groups in total. The number of para-hydroxylation sites is 1. The van der Waals surface area contributed by atoms with Crippen LogP contribution in [0.3, 0.4) is 0 Å². The second-order valence-corrected chi connectivity index (χ2v) is 8.17. The number of hydrogen-bond acceptors (Lipinski definition) is 5. The van der Waals surface area contributed by atoms with Crippen LogP contribution >= 0.6 is 27.7 Å². The molecule has 0 radical (unpaired) electrons. The van der Waals surface area contributed by atoms with Crippen molar-refractivity contribution in [2.24, 2.45) is 0 Å². The van der Waals surface area contributed by atoms with Crippen LogP contribution in [0, 0.1) is 0 Å². The zero-order valence-electron chi connectivity index (χ0n) is 15.1. The Bertz CT molecular complexity index is 1230. The molecule has 142 valence electrons. The van der Waals surface area contributed by atoms with E-state index in [0.717, 1.165) is 16.4 Å². The molecule has 0 amide bonds. The Hall–Kier alpha value is -2.45. The first-order valence-electron chi connectivity index (χ1n) is 8.88. The van der Waals surface area contributed by atoms with Crippen molar-refractivity contribution in [3.63, 3.8) is 0 Å². The van der Waals surface area contributed by atoms with Crippen LogP contribution in [0.1, 0.15) is 23.7 Å². The van der Waals surface area contributed by atoms with Crippen LogP contribution in [-0.4, -0.2) is 30.7 Å². The molecule has 2 heterocycles. The smallest absolute Gasteiger partial charge is 0.262 e. The number of aromatic nitrogens is 4. The lowest BCUT2D eigenvalue weighted by Gasteiger charge is -2.10. The average Bonchev–Trinajstić information content (AvgIpc) is 3.14. The Morgan fingerprint density at radius 2 is 1.86 bits per heavy atom. The van der Waals surface area contributed by atoms with Gasteiger partial charge in [0.25, 0.3) is 5.56 Å². The molecule has 0 aliphatic rings. The zero-order valence-corrected chi connectivity index (χ0v) is 17.5. The molecule has 6 nitrogen and oxygen atoms in total. The summed E-state index contributed by atoms with van der Waals surface area (Å²) in [5.74, 6) is 0.758. The molecule has 0 bridgehead atoms. The van der Waals surface area contributed by atoms with Crippen LogP contribution in [0.4, 0.5) is 0 Å². The fourth-order valence-electron chi connectivity index (χ4n) is 3.10. The lowest BCUT2D eigenvalue weighted by molar-refractivity contribution is 0.102. The van der Waals surface area contributed by atoms with Crippen molar-refractivity contribution < 1.29 is 4.79 Å². The molecule has 4 rings (SSSR count). The van der Waals surface area contributed by atoms with E-state index in [9.17, 15) is 9.59 Å². The summed E-state index contributed by atoms with van der Waals surface area (Å²) >= 11 is 4.70. The molecule has 0 saturated carbocycles. The summed E-state index contributed by atoms with van der Waals surface area (Å²) in [7, 11) is 0. The standard InChI is InChI=1S/C20H17BrN4O2S/c1-2-11-24-18(27)15-5-3-4-6-16(15)25-19(24)22-23-20(25)28-12-17(26)13-7-9-14(21)10-8-13/h3-10H,2,11-12H2,1H3. The van der Waals surface area contributed by atoms with Crippen LogP contribution in [-0.2, 0) is 6.54 Å². The molecule has 2 aromatic heterocycles. The monoisotopic (exact) mass is 456 g/mol. The first kappa shape index (κ1) is 18.9. The summed E-state index contributed by atoms with van der Waals surface area (Å²) in [5, 5.41) is 9.73. The normalized spacial score (nSPS) is 11.4. The number of ketones is 1. The highest BCUT2D eigenvalue weighted by atomic mass is 79.9. The number of thioether (sulfide) groups is 1. The molecule has 0 fully saturated rings. The van der Waals surface area contributed by atoms with Gasteiger partial charge in [0.15, 0.2) is 10.9 Å². The summed E-state index contributed by atoms with van der Waals surface area (Å²) in [5.41, 5.74) is 1.33. The van der Waals surface area contributed by atoms with Crippen molar-refractivity contribution in [2.75, 3.05) is 5.75 Å². The minimum Gasteiger partial charge on any atom is -0.293 e. The van der Waals surface area contributed by atoms with E-state index in [0.29, 0.717) is 28.4 Å². The number of Topliss-reactive ketones (excluding diaryl/α,β-unsaturated/α-hetero) is 1. The third kappa shape index (κ3) is 3.38. The van der Waals surface area contributed by atoms with Gasteiger partial charge in [-0.15, -0.1) is 10.2 Å². The summed E-state index contributed by atoms with van der Waals surface area (Å²) < 4.78 is 4.45. The Balaban J connectivity index is 1.75. The summed E-state index contributed by atoms with van der Waals surface area (Å²) in [6.45, 7) is 2.58. The van der Waals surface area contributed by atoms with Crippen LogP contribution in [0.5, 0.6) is 0 Å². The van der Waals surface area contributed by atoms with Crippen molar-refractivity contribution in [3.8, 4) is 0 Å². The van der Waals surface area contributed by atoms with E-state index in [2.05, 4.69) is 26.1 Å². The van der Waals surface area contributed by atoms with E-state index >= 15 is 0 Å². The largest absolute Gasteiger partial charge is 0.293 e. The lowest BCUT2D eigenvalue weighted by Crippen LogP contribution is -2.23. The van der Waals surface area contributed by atoms with Crippen molar-refractivity contribution in [1.82, 2.24) is 19.2 Å². The third-order valence-electron chi connectivity index (χ3n) is 4.42. The van der Waals surface area contributed by atoms with Gasteiger partial charge in [0.2, 0.25) is 5.78 Å². The van der Waals surface area contributed by atoms with E-state index in [1.54, 1.807) is 16.7 Å². The maximum Gasteiger partial charge on any atom is 0.262 e. The topological polar surface area (TPSA) is 69.3 Å². The molecule has 0 aliphatic heterocycles. The molecule has 0 atom stereocenters. The van der Waals surface area contributed by atoms with Gasteiger partial charge in [-0.1, -0.05) is 58.9 Å². The first-order chi connectivity index (χ1) is 13.6. The zero-order chi connectivity index (χ0) is 19.7. The molecule has 0 aliphatic carbocycles. The number of benzene rings is 2. The Kier molecular flexibility index (Phi) is 5.32. The highest BCUT2D eigenvalue weighted by molar-refractivity contribution is 9.10. The quantitative estimate of drug-likeness (QED) is 0.321. The van der Waals surface area contributed by atoms with E-state index < -0.39 is 0 Å². The van der Waals surface area contributed by atoms with Gasteiger partial charge in [0, 0.05) is 16.6 Å². The van der Waals surface area contributed by atoms with Gasteiger partial charge in [0.05, 0.1) is 16.7 Å². The molecular formula is C20H17BrN4O2S. The minimum absolute atomic E-state index is 0.0143. The molecule has 4 aromatic rings. The Labute approximate surface area is 173 Å². The van der Waals surface area contributed by atoms with Gasteiger partial charge in [-0.25, -0.2) is 0 Å². The molecule has 2 aromatic carbocycles. The highest BCUT2D eigenvalue weighted by Crippen LogP contribution is 2.23. The number of nitrogens with zero attached hydrogens (tertiary/aromatic N) is 4. The molecule has 0 spiro atoms. The minimum atomic E-state index is -0.0696. The van der Waals surface area contributed by atoms with Gasteiger partial charge in [-0.3, -0.25) is 18.6 Å².